The maximum Gasteiger partial charge on any atom is 0.166 e. The lowest BCUT2D eigenvalue weighted by atomic mass is 9.90. The lowest BCUT2D eigenvalue weighted by molar-refractivity contribution is 0.145. The van der Waals surface area contributed by atoms with E-state index in [-0.39, 0.29) is 5.54 Å². The van der Waals surface area contributed by atoms with Crippen LogP contribution in [0.25, 0.3) is 0 Å². The van der Waals surface area contributed by atoms with Crippen LogP contribution in [0.15, 0.2) is 0 Å². The molecular weight excluding hydrogens is 232 g/mol. The zero-order valence-corrected chi connectivity index (χ0v) is 12.6. The lowest BCUT2D eigenvalue weighted by Gasteiger charge is -2.33. The average molecular weight is 260 g/mol. The molecule has 102 valence electrons. The fourth-order valence-corrected chi connectivity index (χ4v) is 2.14. The molecule has 0 rings (SSSR count). The molecule has 0 aliphatic rings. The summed E-state index contributed by atoms with van der Waals surface area (Å²) in [6.07, 6.45) is 4.29. The predicted molar refractivity (Wildman–Crippen MR) is 78.5 cm³/mol. The minimum atomic E-state index is 0.157. The summed E-state index contributed by atoms with van der Waals surface area (Å²) in [6, 6.07) is 0. The van der Waals surface area contributed by atoms with Crippen LogP contribution in [0.2, 0.25) is 0 Å². The van der Waals surface area contributed by atoms with Gasteiger partial charge in [-0.25, -0.2) is 0 Å². The summed E-state index contributed by atoms with van der Waals surface area (Å²) in [7, 11) is 0. The van der Waals surface area contributed by atoms with Gasteiger partial charge in [0.05, 0.1) is 0 Å². The highest BCUT2D eigenvalue weighted by molar-refractivity contribution is 7.80. The Labute approximate surface area is 112 Å². The Morgan fingerprint density at radius 2 is 1.71 bits per heavy atom. The molecule has 0 unspecified atom stereocenters. The Bertz CT molecular complexity index is 197. The van der Waals surface area contributed by atoms with E-state index in [0.29, 0.717) is 0 Å². The average Bonchev–Trinajstić information content (AvgIpc) is 2.36. The van der Waals surface area contributed by atoms with E-state index in [4.69, 9.17) is 17.0 Å². The standard InChI is InChI=1S/C13H28N2OS/c1-5-13(6-2,7-3)15-12(17)14-10-9-11-16-8-4/h5-11H2,1-4H3,(H2,14,15,17). The minimum Gasteiger partial charge on any atom is -0.382 e. The molecule has 0 saturated carbocycles. The number of ether oxygens (including phenoxy) is 1. The van der Waals surface area contributed by atoms with Crippen LogP contribution in [0.4, 0.5) is 0 Å². The van der Waals surface area contributed by atoms with Crippen LogP contribution in [0.3, 0.4) is 0 Å². The number of nitrogens with one attached hydrogen (secondary N) is 2. The van der Waals surface area contributed by atoms with Crippen molar-refractivity contribution in [1.82, 2.24) is 10.6 Å². The summed E-state index contributed by atoms with van der Waals surface area (Å²) in [5, 5.41) is 7.46. The van der Waals surface area contributed by atoms with E-state index in [1.54, 1.807) is 0 Å². The third kappa shape index (κ3) is 6.84. The van der Waals surface area contributed by atoms with Gasteiger partial charge in [0.1, 0.15) is 0 Å². The number of rotatable bonds is 9. The van der Waals surface area contributed by atoms with Crippen LogP contribution < -0.4 is 10.6 Å². The van der Waals surface area contributed by atoms with Crippen molar-refractivity contribution in [3.8, 4) is 0 Å². The van der Waals surface area contributed by atoms with E-state index >= 15 is 0 Å². The van der Waals surface area contributed by atoms with Crippen molar-refractivity contribution in [2.45, 2.75) is 58.9 Å². The molecule has 17 heavy (non-hydrogen) atoms. The highest BCUT2D eigenvalue weighted by Gasteiger charge is 2.23. The Balaban J connectivity index is 3.83. The molecule has 0 aromatic carbocycles. The van der Waals surface area contributed by atoms with Crippen molar-refractivity contribution in [3.63, 3.8) is 0 Å². The molecule has 0 bridgehead atoms. The van der Waals surface area contributed by atoms with Crippen LogP contribution in [0.1, 0.15) is 53.4 Å². The number of thiocarbonyl (C=S) groups is 1. The second-order valence-corrected chi connectivity index (χ2v) is 4.68. The third-order valence-electron chi connectivity index (χ3n) is 3.36. The van der Waals surface area contributed by atoms with Gasteiger partial charge in [-0.05, 0) is 44.8 Å². The quantitative estimate of drug-likeness (QED) is 0.493. The Morgan fingerprint density at radius 3 is 2.18 bits per heavy atom. The van der Waals surface area contributed by atoms with Crippen molar-refractivity contribution in [1.29, 1.82) is 0 Å². The zero-order valence-electron chi connectivity index (χ0n) is 11.8. The SMILES string of the molecule is CCOCCCNC(=S)NC(CC)(CC)CC. The third-order valence-corrected chi connectivity index (χ3v) is 3.61. The van der Waals surface area contributed by atoms with Gasteiger partial charge in [-0.2, -0.15) is 0 Å². The summed E-state index contributed by atoms with van der Waals surface area (Å²) < 4.78 is 5.28. The van der Waals surface area contributed by atoms with Crippen molar-refractivity contribution in [2.75, 3.05) is 19.8 Å². The van der Waals surface area contributed by atoms with E-state index in [1.165, 1.54) is 0 Å². The first kappa shape index (κ1) is 16.6. The molecule has 0 aromatic rings. The number of hydrogen-bond donors (Lipinski definition) is 2. The second kappa shape index (κ2) is 9.66. The second-order valence-electron chi connectivity index (χ2n) is 4.27. The summed E-state index contributed by atoms with van der Waals surface area (Å²) in [4.78, 5) is 0. The van der Waals surface area contributed by atoms with E-state index in [0.717, 1.165) is 50.6 Å². The molecule has 0 fully saturated rings. The Morgan fingerprint density at radius 1 is 1.12 bits per heavy atom. The minimum absolute atomic E-state index is 0.157. The van der Waals surface area contributed by atoms with Crippen molar-refractivity contribution >= 4 is 17.3 Å². The first-order valence-corrected chi connectivity index (χ1v) is 7.18. The molecule has 0 spiro atoms. The molecular formula is C13H28N2OS. The molecule has 0 aliphatic carbocycles. The van der Waals surface area contributed by atoms with Gasteiger partial charge in [-0.3, -0.25) is 0 Å². The van der Waals surface area contributed by atoms with E-state index in [1.807, 2.05) is 6.92 Å². The van der Waals surface area contributed by atoms with Crippen LogP contribution >= 0.6 is 12.2 Å². The molecule has 0 aliphatic heterocycles. The molecule has 3 nitrogen and oxygen atoms in total. The molecule has 0 amide bonds. The fraction of sp³-hybridized carbons (Fsp3) is 0.923. The van der Waals surface area contributed by atoms with Crippen LogP contribution in [-0.2, 0) is 4.74 Å². The highest BCUT2D eigenvalue weighted by Crippen LogP contribution is 2.18. The van der Waals surface area contributed by atoms with Crippen molar-refractivity contribution < 1.29 is 4.74 Å². The summed E-state index contributed by atoms with van der Waals surface area (Å²) in [5.74, 6) is 0. The van der Waals surface area contributed by atoms with Crippen LogP contribution in [0, 0.1) is 0 Å². The summed E-state index contributed by atoms with van der Waals surface area (Å²) >= 11 is 5.32. The van der Waals surface area contributed by atoms with Gasteiger partial charge < -0.3 is 15.4 Å². The summed E-state index contributed by atoms with van der Waals surface area (Å²) in [6.45, 7) is 11.1. The first-order valence-electron chi connectivity index (χ1n) is 6.77. The van der Waals surface area contributed by atoms with Gasteiger partial charge in [-0.1, -0.05) is 20.8 Å². The van der Waals surface area contributed by atoms with Gasteiger partial charge in [-0.15, -0.1) is 0 Å². The van der Waals surface area contributed by atoms with Gasteiger partial charge in [0.15, 0.2) is 5.11 Å². The van der Waals surface area contributed by atoms with E-state index < -0.39 is 0 Å². The van der Waals surface area contributed by atoms with Gasteiger partial charge >= 0.3 is 0 Å². The lowest BCUT2D eigenvalue weighted by Crippen LogP contribution is -2.51. The van der Waals surface area contributed by atoms with Gasteiger partial charge in [0, 0.05) is 25.3 Å². The van der Waals surface area contributed by atoms with Gasteiger partial charge in [0.2, 0.25) is 0 Å². The monoisotopic (exact) mass is 260 g/mol. The summed E-state index contributed by atoms with van der Waals surface area (Å²) in [5.41, 5.74) is 0.157. The van der Waals surface area contributed by atoms with E-state index in [2.05, 4.69) is 31.4 Å². The van der Waals surface area contributed by atoms with Gasteiger partial charge in [0.25, 0.3) is 0 Å². The Hall–Kier alpha value is -0.350. The molecule has 0 heterocycles. The highest BCUT2D eigenvalue weighted by atomic mass is 32.1. The molecule has 0 aromatic heterocycles. The van der Waals surface area contributed by atoms with Crippen LogP contribution in [-0.4, -0.2) is 30.4 Å². The molecule has 2 N–H and O–H groups in total. The Kier molecular flexibility index (Phi) is 9.46. The largest absolute Gasteiger partial charge is 0.382 e. The number of hydrogen-bond acceptors (Lipinski definition) is 2. The topological polar surface area (TPSA) is 33.3 Å². The van der Waals surface area contributed by atoms with E-state index in [9.17, 15) is 0 Å². The normalized spacial score (nSPS) is 11.3. The molecule has 0 saturated heterocycles. The maximum atomic E-state index is 5.32. The first-order chi connectivity index (χ1) is 8.14. The molecule has 4 heteroatoms. The molecule has 0 atom stereocenters. The van der Waals surface area contributed by atoms with Crippen LogP contribution in [0.5, 0.6) is 0 Å². The zero-order chi connectivity index (χ0) is 13.1. The molecule has 0 radical (unpaired) electrons. The predicted octanol–water partition coefficient (Wildman–Crippen LogP) is 2.85. The van der Waals surface area contributed by atoms with Crippen molar-refractivity contribution in [2.24, 2.45) is 0 Å². The fourth-order valence-electron chi connectivity index (χ4n) is 1.82. The smallest absolute Gasteiger partial charge is 0.166 e. The van der Waals surface area contributed by atoms with Crippen molar-refractivity contribution in [3.05, 3.63) is 0 Å². The maximum absolute atomic E-state index is 5.32.